The van der Waals surface area contributed by atoms with E-state index in [-0.39, 0.29) is 29.2 Å². The quantitative estimate of drug-likeness (QED) is 0.182. The van der Waals surface area contributed by atoms with Crippen molar-refractivity contribution in [1.29, 1.82) is 0 Å². The van der Waals surface area contributed by atoms with Crippen molar-refractivity contribution in [2.45, 2.75) is 70.9 Å². The SMILES string of the molecule is COC(=O)c1nc(C(=O)NC2CCCCCCC2)ccc1-c1cc2c(cc1C(=O)Nc1ccc(CN)cc1C)-c1sccc1CCO2. The number of pyridine rings is 1. The van der Waals surface area contributed by atoms with E-state index in [4.69, 9.17) is 15.2 Å². The molecular formula is C37H40N4O5S. The molecule has 0 bridgehead atoms. The number of benzene rings is 2. The molecule has 0 atom stereocenters. The van der Waals surface area contributed by atoms with Crippen molar-refractivity contribution in [3.63, 3.8) is 0 Å². The highest BCUT2D eigenvalue weighted by molar-refractivity contribution is 7.13. The molecule has 0 radical (unpaired) electrons. The van der Waals surface area contributed by atoms with Crippen LogP contribution in [0.4, 0.5) is 5.69 Å². The van der Waals surface area contributed by atoms with Crippen LogP contribution in [0.25, 0.3) is 21.6 Å². The number of aromatic nitrogens is 1. The van der Waals surface area contributed by atoms with Gasteiger partial charge in [0.2, 0.25) is 0 Å². The Labute approximate surface area is 278 Å². The first-order valence-corrected chi connectivity index (χ1v) is 17.1. The van der Waals surface area contributed by atoms with Crippen molar-refractivity contribution >= 4 is 34.8 Å². The third kappa shape index (κ3) is 7.08. The Balaban J connectivity index is 1.43. The lowest BCUT2D eigenvalue weighted by Crippen LogP contribution is -2.36. The lowest BCUT2D eigenvalue weighted by Gasteiger charge is -2.21. The van der Waals surface area contributed by atoms with E-state index < -0.39 is 5.97 Å². The van der Waals surface area contributed by atoms with Crippen LogP contribution in [0.5, 0.6) is 5.75 Å². The molecule has 1 aliphatic heterocycles. The Morgan fingerprint density at radius 2 is 1.74 bits per heavy atom. The van der Waals surface area contributed by atoms with E-state index in [1.165, 1.54) is 26.4 Å². The molecule has 2 aromatic carbocycles. The Bertz CT molecular complexity index is 1810. The predicted molar refractivity (Wildman–Crippen MR) is 184 cm³/mol. The molecule has 2 aliphatic rings. The van der Waals surface area contributed by atoms with E-state index in [1.54, 1.807) is 29.5 Å². The first-order chi connectivity index (χ1) is 22.9. The molecule has 47 heavy (non-hydrogen) atoms. The van der Waals surface area contributed by atoms with Crippen molar-refractivity contribution < 1.29 is 23.9 Å². The molecule has 3 heterocycles. The number of nitrogens with one attached hydrogen (secondary N) is 2. The molecule has 10 heteroatoms. The molecule has 4 N–H and O–H groups in total. The van der Waals surface area contributed by atoms with Crippen LogP contribution >= 0.6 is 11.3 Å². The standard InChI is InChI=1S/C37H40N4O5S/c1-22-18-23(21-38)10-12-30(22)41-35(42)28-19-29-32(46-16-14-24-15-17-47-34(24)29)20-27(28)26-11-13-31(40-33(26)37(44)45-2)36(43)39-25-8-6-4-3-5-7-9-25/h10-13,15,17-20,25H,3-9,14,16,21,38H2,1-2H3,(H,39,43)(H,41,42). The summed E-state index contributed by atoms with van der Waals surface area (Å²) < 4.78 is 11.3. The molecule has 244 valence electrons. The number of carbonyl (C=O) groups is 3. The highest BCUT2D eigenvalue weighted by atomic mass is 32.1. The lowest BCUT2D eigenvalue weighted by molar-refractivity contribution is 0.0594. The van der Waals surface area contributed by atoms with Gasteiger partial charge in [-0.15, -0.1) is 11.3 Å². The van der Waals surface area contributed by atoms with Gasteiger partial charge in [0.05, 0.1) is 13.7 Å². The molecule has 1 saturated carbocycles. The largest absolute Gasteiger partial charge is 0.493 e. The molecule has 0 saturated heterocycles. The van der Waals surface area contributed by atoms with E-state index in [0.717, 1.165) is 59.2 Å². The van der Waals surface area contributed by atoms with Gasteiger partial charge in [0, 0.05) is 51.8 Å². The fourth-order valence-corrected chi connectivity index (χ4v) is 7.40. The van der Waals surface area contributed by atoms with Crippen LogP contribution < -0.4 is 21.1 Å². The van der Waals surface area contributed by atoms with Crippen molar-refractivity contribution in [2.24, 2.45) is 5.73 Å². The molecule has 6 rings (SSSR count). The third-order valence-electron chi connectivity index (χ3n) is 9.00. The summed E-state index contributed by atoms with van der Waals surface area (Å²) in [6.45, 7) is 2.78. The topological polar surface area (TPSA) is 133 Å². The van der Waals surface area contributed by atoms with Gasteiger partial charge in [-0.25, -0.2) is 9.78 Å². The molecule has 2 amide bonds. The van der Waals surface area contributed by atoms with Crippen molar-refractivity contribution in [3.05, 3.63) is 87.6 Å². The molecule has 1 fully saturated rings. The lowest BCUT2D eigenvalue weighted by atomic mass is 9.93. The van der Waals surface area contributed by atoms with Gasteiger partial charge in [0.15, 0.2) is 5.69 Å². The maximum absolute atomic E-state index is 14.2. The van der Waals surface area contributed by atoms with Crippen molar-refractivity contribution in [3.8, 4) is 27.3 Å². The minimum Gasteiger partial charge on any atom is -0.493 e. The minimum atomic E-state index is -0.711. The van der Waals surface area contributed by atoms with Crippen LogP contribution in [0, 0.1) is 6.92 Å². The summed E-state index contributed by atoms with van der Waals surface area (Å²) in [7, 11) is 1.27. The number of methoxy groups -OCH3 is 1. The highest BCUT2D eigenvalue weighted by Crippen LogP contribution is 2.43. The number of hydrogen-bond acceptors (Lipinski definition) is 8. The second-order valence-corrected chi connectivity index (χ2v) is 13.1. The number of nitrogens with two attached hydrogens (primary N) is 1. The van der Waals surface area contributed by atoms with Crippen LogP contribution in [0.1, 0.15) is 93.0 Å². The third-order valence-corrected chi connectivity index (χ3v) is 9.99. The van der Waals surface area contributed by atoms with E-state index in [1.807, 2.05) is 36.6 Å². The van der Waals surface area contributed by atoms with Crippen LogP contribution in [0.2, 0.25) is 0 Å². The number of rotatable bonds is 7. The summed E-state index contributed by atoms with van der Waals surface area (Å²) in [6, 6.07) is 14.7. The second kappa shape index (κ2) is 14.5. The van der Waals surface area contributed by atoms with Gasteiger partial charge in [0.1, 0.15) is 11.4 Å². The number of anilines is 1. The predicted octanol–water partition coefficient (Wildman–Crippen LogP) is 7.06. The van der Waals surface area contributed by atoms with Gasteiger partial charge >= 0.3 is 5.97 Å². The number of aryl methyl sites for hydroxylation is 1. The van der Waals surface area contributed by atoms with Crippen LogP contribution in [-0.2, 0) is 17.7 Å². The number of thiophene rings is 1. The number of ether oxygens (including phenoxy) is 2. The van der Waals surface area contributed by atoms with E-state index in [9.17, 15) is 14.4 Å². The van der Waals surface area contributed by atoms with E-state index >= 15 is 0 Å². The van der Waals surface area contributed by atoms with Crippen LogP contribution in [0.3, 0.4) is 0 Å². The van der Waals surface area contributed by atoms with Gasteiger partial charge < -0.3 is 25.8 Å². The smallest absolute Gasteiger partial charge is 0.357 e. The van der Waals surface area contributed by atoms with Gasteiger partial charge in [-0.1, -0.05) is 44.2 Å². The molecule has 0 unspecified atom stereocenters. The van der Waals surface area contributed by atoms with Gasteiger partial charge in [-0.05, 0) is 78.2 Å². The zero-order valence-corrected chi connectivity index (χ0v) is 27.6. The Kier molecular flexibility index (Phi) is 9.98. The molecular weight excluding hydrogens is 612 g/mol. The Morgan fingerprint density at radius 1 is 0.957 bits per heavy atom. The maximum atomic E-state index is 14.2. The van der Waals surface area contributed by atoms with E-state index in [2.05, 4.69) is 21.7 Å². The number of nitrogens with zero attached hydrogens (tertiary/aromatic N) is 1. The average Bonchev–Trinajstić information content (AvgIpc) is 3.47. The molecule has 2 aromatic heterocycles. The molecule has 9 nitrogen and oxygen atoms in total. The molecule has 1 aliphatic carbocycles. The Morgan fingerprint density at radius 3 is 2.49 bits per heavy atom. The van der Waals surface area contributed by atoms with Crippen LogP contribution in [-0.4, -0.2) is 42.5 Å². The summed E-state index contributed by atoms with van der Waals surface area (Å²) in [6.07, 6.45) is 8.27. The first kappa shape index (κ1) is 32.4. The summed E-state index contributed by atoms with van der Waals surface area (Å²) in [5.41, 5.74) is 11.5. The monoisotopic (exact) mass is 652 g/mol. The summed E-state index contributed by atoms with van der Waals surface area (Å²) in [5, 5.41) is 8.22. The second-order valence-electron chi connectivity index (χ2n) is 12.2. The summed E-state index contributed by atoms with van der Waals surface area (Å²) >= 11 is 1.59. The summed E-state index contributed by atoms with van der Waals surface area (Å²) in [4.78, 5) is 46.4. The zero-order valence-electron chi connectivity index (χ0n) is 26.8. The number of amides is 2. The number of esters is 1. The zero-order chi connectivity index (χ0) is 32.9. The average molecular weight is 653 g/mol. The van der Waals surface area contributed by atoms with Gasteiger partial charge in [-0.2, -0.15) is 0 Å². The first-order valence-electron chi connectivity index (χ1n) is 16.3. The van der Waals surface area contributed by atoms with Gasteiger partial charge in [-0.3, -0.25) is 9.59 Å². The Hall–Kier alpha value is -4.54. The highest BCUT2D eigenvalue weighted by Gasteiger charge is 2.27. The normalized spacial score (nSPS) is 14.8. The van der Waals surface area contributed by atoms with Crippen LogP contribution in [0.15, 0.2) is 53.9 Å². The van der Waals surface area contributed by atoms with Gasteiger partial charge in [0.25, 0.3) is 11.8 Å². The maximum Gasteiger partial charge on any atom is 0.357 e. The number of hydrogen-bond donors (Lipinski definition) is 3. The number of carbonyl (C=O) groups excluding carboxylic acids is 3. The number of fused-ring (bicyclic) bond motifs is 3. The fourth-order valence-electron chi connectivity index (χ4n) is 6.42. The van der Waals surface area contributed by atoms with Crippen molar-refractivity contribution in [2.75, 3.05) is 19.0 Å². The molecule has 4 aromatic rings. The summed E-state index contributed by atoms with van der Waals surface area (Å²) in [5.74, 6) is -0.812. The van der Waals surface area contributed by atoms with E-state index in [0.29, 0.717) is 41.3 Å². The molecule has 0 spiro atoms. The minimum absolute atomic E-state index is 0.0549. The van der Waals surface area contributed by atoms with Crippen molar-refractivity contribution in [1.82, 2.24) is 10.3 Å². The fraction of sp³-hybridized carbons (Fsp3) is 0.351.